The van der Waals surface area contributed by atoms with Gasteiger partial charge in [-0.2, -0.15) is 0 Å². The van der Waals surface area contributed by atoms with E-state index in [0.717, 1.165) is 0 Å². The third-order valence-corrected chi connectivity index (χ3v) is 1.95. The molecule has 1 aliphatic heterocycles. The molecule has 0 aliphatic carbocycles. The molecule has 0 bridgehead atoms. The number of aliphatic hydroxyl groups is 4. The Balaban J connectivity index is 0. The SMILES string of the molecule is Cl.Cl.N[C@@H]1C(O)O[C@H](CO)[C@@H](O)[C@@H]1O. The maximum Gasteiger partial charge on any atom is 0.173 e. The molecule has 0 amide bonds. The summed E-state index contributed by atoms with van der Waals surface area (Å²) in [5.74, 6) is 0. The molecule has 0 saturated carbocycles. The Morgan fingerprint density at radius 1 is 1.07 bits per heavy atom. The van der Waals surface area contributed by atoms with Gasteiger partial charge in [-0.3, -0.25) is 0 Å². The van der Waals surface area contributed by atoms with Crippen LogP contribution in [0.1, 0.15) is 0 Å². The highest BCUT2D eigenvalue weighted by Crippen LogP contribution is 2.17. The van der Waals surface area contributed by atoms with Gasteiger partial charge >= 0.3 is 0 Å². The summed E-state index contributed by atoms with van der Waals surface area (Å²) in [6.07, 6.45) is -4.85. The van der Waals surface area contributed by atoms with Crippen molar-refractivity contribution in [2.24, 2.45) is 5.73 Å². The molecule has 1 aliphatic rings. The van der Waals surface area contributed by atoms with Gasteiger partial charge in [0.05, 0.1) is 12.6 Å². The molecule has 1 saturated heterocycles. The smallest absolute Gasteiger partial charge is 0.173 e. The molecule has 0 spiro atoms. The van der Waals surface area contributed by atoms with Crippen molar-refractivity contribution in [3.63, 3.8) is 0 Å². The molecular formula is C6H15Cl2NO5. The van der Waals surface area contributed by atoms with E-state index in [1.54, 1.807) is 0 Å². The first kappa shape index (κ1) is 16.8. The lowest BCUT2D eigenvalue weighted by molar-refractivity contribution is -0.248. The highest BCUT2D eigenvalue weighted by molar-refractivity contribution is 5.85. The monoisotopic (exact) mass is 251 g/mol. The van der Waals surface area contributed by atoms with Crippen molar-refractivity contribution in [1.29, 1.82) is 0 Å². The number of halogens is 2. The van der Waals surface area contributed by atoms with Gasteiger partial charge in [0.15, 0.2) is 6.29 Å². The van der Waals surface area contributed by atoms with Crippen LogP contribution >= 0.6 is 24.8 Å². The van der Waals surface area contributed by atoms with E-state index in [2.05, 4.69) is 0 Å². The Labute approximate surface area is 93.5 Å². The van der Waals surface area contributed by atoms with E-state index in [4.69, 9.17) is 20.7 Å². The topological polar surface area (TPSA) is 116 Å². The molecule has 6 nitrogen and oxygen atoms in total. The van der Waals surface area contributed by atoms with Crippen LogP contribution in [-0.2, 0) is 4.74 Å². The second-order valence-electron chi connectivity index (χ2n) is 2.81. The van der Waals surface area contributed by atoms with E-state index >= 15 is 0 Å². The largest absolute Gasteiger partial charge is 0.394 e. The van der Waals surface area contributed by atoms with Crippen LogP contribution in [0.3, 0.4) is 0 Å². The minimum Gasteiger partial charge on any atom is -0.394 e. The summed E-state index contributed by atoms with van der Waals surface area (Å²) in [7, 11) is 0. The van der Waals surface area contributed by atoms with Crippen molar-refractivity contribution in [3.8, 4) is 0 Å². The second-order valence-corrected chi connectivity index (χ2v) is 2.81. The lowest BCUT2D eigenvalue weighted by Crippen LogP contribution is -2.61. The van der Waals surface area contributed by atoms with Gasteiger partial charge < -0.3 is 30.9 Å². The minimum atomic E-state index is -1.35. The minimum absolute atomic E-state index is 0. The molecule has 0 aromatic rings. The first-order valence-electron chi connectivity index (χ1n) is 3.64. The summed E-state index contributed by atoms with van der Waals surface area (Å²) in [6.45, 7) is -0.470. The van der Waals surface area contributed by atoms with Crippen LogP contribution in [0.15, 0.2) is 0 Å². The normalized spacial score (nSPS) is 42.2. The summed E-state index contributed by atoms with van der Waals surface area (Å²) in [5.41, 5.74) is 5.26. The Morgan fingerprint density at radius 2 is 1.57 bits per heavy atom. The fraction of sp³-hybridized carbons (Fsp3) is 1.00. The molecule has 1 heterocycles. The molecule has 1 unspecified atom stereocenters. The first-order valence-corrected chi connectivity index (χ1v) is 3.64. The van der Waals surface area contributed by atoms with Gasteiger partial charge in [0.2, 0.25) is 0 Å². The number of aliphatic hydroxyl groups excluding tert-OH is 4. The third kappa shape index (κ3) is 3.18. The van der Waals surface area contributed by atoms with Gasteiger partial charge in [-0.05, 0) is 0 Å². The van der Waals surface area contributed by atoms with Crippen LogP contribution in [0.5, 0.6) is 0 Å². The van der Waals surface area contributed by atoms with E-state index in [9.17, 15) is 10.2 Å². The summed E-state index contributed by atoms with van der Waals surface area (Å²) in [4.78, 5) is 0. The van der Waals surface area contributed by atoms with Gasteiger partial charge in [-0.25, -0.2) is 0 Å². The van der Waals surface area contributed by atoms with Crippen molar-refractivity contribution in [1.82, 2.24) is 0 Å². The molecule has 5 atom stereocenters. The zero-order valence-electron chi connectivity index (χ0n) is 7.18. The highest BCUT2D eigenvalue weighted by Gasteiger charge is 2.41. The van der Waals surface area contributed by atoms with Crippen LogP contribution in [0.25, 0.3) is 0 Å². The molecule has 88 valence electrons. The Kier molecular flexibility index (Phi) is 8.09. The van der Waals surface area contributed by atoms with Gasteiger partial charge in [0.25, 0.3) is 0 Å². The zero-order chi connectivity index (χ0) is 9.30. The Bertz CT molecular complexity index is 158. The fourth-order valence-corrected chi connectivity index (χ4v) is 1.12. The Hall–Kier alpha value is 0.340. The van der Waals surface area contributed by atoms with Gasteiger partial charge in [-0.15, -0.1) is 24.8 Å². The van der Waals surface area contributed by atoms with Crippen LogP contribution in [0.4, 0.5) is 0 Å². The predicted molar refractivity (Wildman–Crippen MR) is 52.5 cm³/mol. The summed E-state index contributed by atoms with van der Waals surface area (Å²) < 4.78 is 4.70. The molecule has 6 N–H and O–H groups in total. The first-order chi connectivity index (χ1) is 5.57. The zero-order valence-corrected chi connectivity index (χ0v) is 8.82. The highest BCUT2D eigenvalue weighted by atomic mass is 35.5. The Morgan fingerprint density at radius 3 is 2.00 bits per heavy atom. The van der Waals surface area contributed by atoms with Crippen LogP contribution in [0, 0.1) is 0 Å². The van der Waals surface area contributed by atoms with Crippen molar-refractivity contribution < 1.29 is 25.2 Å². The number of rotatable bonds is 1. The second kappa shape index (κ2) is 6.76. The van der Waals surface area contributed by atoms with Crippen molar-refractivity contribution >= 4 is 24.8 Å². The standard InChI is InChI=1S/C6H13NO5.2ClH/c7-3-5(10)4(9)2(1-8)12-6(3)11;;/h2-6,8-11H,1,7H2;2*1H/t2-,3+,4-,5-,6?;;/m1../s1. The molecule has 0 aromatic heterocycles. The van der Waals surface area contributed by atoms with Crippen LogP contribution in [0.2, 0.25) is 0 Å². The maximum atomic E-state index is 9.20. The quantitative estimate of drug-likeness (QED) is 0.355. The molecule has 8 heteroatoms. The van der Waals surface area contributed by atoms with Crippen molar-refractivity contribution in [2.45, 2.75) is 30.6 Å². The van der Waals surface area contributed by atoms with E-state index in [0.29, 0.717) is 0 Å². The summed E-state index contributed by atoms with van der Waals surface area (Å²) in [6, 6.07) is -1.04. The van der Waals surface area contributed by atoms with Crippen molar-refractivity contribution in [3.05, 3.63) is 0 Å². The molecule has 0 aromatic carbocycles. The maximum absolute atomic E-state index is 9.20. The van der Waals surface area contributed by atoms with E-state index in [-0.39, 0.29) is 24.8 Å². The average Bonchev–Trinajstić information content (AvgIpc) is 2.08. The van der Waals surface area contributed by atoms with Gasteiger partial charge in [0, 0.05) is 0 Å². The molecule has 14 heavy (non-hydrogen) atoms. The van der Waals surface area contributed by atoms with E-state index < -0.39 is 37.3 Å². The van der Waals surface area contributed by atoms with E-state index in [1.165, 1.54) is 0 Å². The molecular weight excluding hydrogens is 237 g/mol. The summed E-state index contributed by atoms with van der Waals surface area (Å²) in [5, 5.41) is 36.1. The lowest BCUT2D eigenvalue weighted by atomic mass is 9.98. The van der Waals surface area contributed by atoms with Crippen LogP contribution in [-0.4, -0.2) is 57.7 Å². The number of hydrogen-bond acceptors (Lipinski definition) is 6. The fourth-order valence-electron chi connectivity index (χ4n) is 1.12. The van der Waals surface area contributed by atoms with E-state index in [1.807, 2.05) is 0 Å². The lowest BCUT2D eigenvalue weighted by Gasteiger charge is -2.38. The van der Waals surface area contributed by atoms with Gasteiger partial charge in [0.1, 0.15) is 18.3 Å². The predicted octanol–water partition coefficient (Wildman–Crippen LogP) is -2.41. The number of nitrogens with two attached hydrogens (primary N) is 1. The number of ether oxygens (including phenoxy) is 1. The third-order valence-electron chi connectivity index (χ3n) is 1.95. The van der Waals surface area contributed by atoms with Crippen molar-refractivity contribution in [2.75, 3.05) is 6.61 Å². The molecule has 1 fully saturated rings. The van der Waals surface area contributed by atoms with Gasteiger partial charge in [-0.1, -0.05) is 0 Å². The number of hydrogen-bond donors (Lipinski definition) is 5. The average molecular weight is 252 g/mol. The summed E-state index contributed by atoms with van der Waals surface area (Å²) >= 11 is 0. The molecule has 1 rings (SSSR count). The van der Waals surface area contributed by atoms with Crippen LogP contribution < -0.4 is 5.73 Å². The molecule has 0 radical (unpaired) electrons.